The second-order valence-electron chi connectivity index (χ2n) is 6.87. The van der Waals surface area contributed by atoms with Crippen LogP contribution in [0.3, 0.4) is 0 Å². The van der Waals surface area contributed by atoms with E-state index < -0.39 is 11.9 Å². The number of rotatable bonds is 4. The van der Waals surface area contributed by atoms with Gasteiger partial charge in [-0.1, -0.05) is 11.6 Å². The van der Waals surface area contributed by atoms with Gasteiger partial charge in [0.25, 0.3) is 0 Å². The molecule has 1 aromatic heterocycles. The minimum atomic E-state index is -0.799. The van der Waals surface area contributed by atoms with Gasteiger partial charge in [-0.3, -0.25) is 9.59 Å². The number of likely N-dealkylation sites (tertiary alicyclic amines) is 1. The van der Waals surface area contributed by atoms with Crippen molar-refractivity contribution < 1.29 is 14.7 Å². The van der Waals surface area contributed by atoms with E-state index in [9.17, 15) is 14.7 Å². The SMILES string of the molecule is Cc1ccc2[nH]cc(CCC(=O)N3CC(C(=O)O)CCC3C)c2c1. The molecule has 3 rings (SSSR count). The molecular formula is C19H24N2O3. The van der Waals surface area contributed by atoms with Crippen LogP contribution >= 0.6 is 0 Å². The van der Waals surface area contributed by atoms with Gasteiger partial charge in [0.1, 0.15) is 0 Å². The maximum atomic E-state index is 12.6. The third-order valence-corrected chi connectivity index (χ3v) is 5.08. The molecule has 1 fully saturated rings. The number of nitrogens with one attached hydrogen (secondary N) is 1. The molecule has 1 saturated heterocycles. The average Bonchev–Trinajstić information content (AvgIpc) is 2.95. The number of carbonyl (C=O) groups is 2. The lowest BCUT2D eigenvalue weighted by atomic mass is 9.93. The zero-order chi connectivity index (χ0) is 17.3. The van der Waals surface area contributed by atoms with Gasteiger partial charge < -0.3 is 15.0 Å². The van der Waals surface area contributed by atoms with Gasteiger partial charge in [-0.2, -0.15) is 0 Å². The Hall–Kier alpha value is -2.30. The van der Waals surface area contributed by atoms with Crippen molar-refractivity contribution in [1.29, 1.82) is 0 Å². The zero-order valence-electron chi connectivity index (χ0n) is 14.2. The maximum absolute atomic E-state index is 12.6. The van der Waals surface area contributed by atoms with Gasteiger partial charge in [0.15, 0.2) is 0 Å². The van der Waals surface area contributed by atoms with E-state index >= 15 is 0 Å². The molecular weight excluding hydrogens is 304 g/mol. The number of carbonyl (C=O) groups excluding carboxylic acids is 1. The normalized spacial score (nSPS) is 21.2. The van der Waals surface area contributed by atoms with E-state index in [1.807, 2.05) is 13.1 Å². The molecule has 1 aliphatic rings. The summed E-state index contributed by atoms with van der Waals surface area (Å²) < 4.78 is 0. The standard InChI is InChI=1S/C19H24N2O3/c1-12-3-7-17-16(9-12)14(10-20-17)6-8-18(22)21-11-15(19(23)24)5-4-13(21)2/h3,7,9-10,13,15,20H,4-6,8,11H2,1-2H3,(H,23,24). The van der Waals surface area contributed by atoms with Crippen LogP contribution in [0, 0.1) is 12.8 Å². The fourth-order valence-electron chi connectivity index (χ4n) is 3.54. The number of aliphatic carboxylic acids is 1. The molecule has 128 valence electrons. The lowest BCUT2D eigenvalue weighted by Crippen LogP contribution is -2.47. The molecule has 2 unspecified atom stereocenters. The molecule has 1 amide bonds. The van der Waals surface area contributed by atoms with Gasteiger partial charge in [0.2, 0.25) is 5.91 Å². The number of amides is 1. The summed E-state index contributed by atoms with van der Waals surface area (Å²) >= 11 is 0. The van der Waals surface area contributed by atoms with Crippen molar-refractivity contribution >= 4 is 22.8 Å². The van der Waals surface area contributed by atoms with E-state index in [1.165, 1.54) is 5.56 Å². The van der Waals surface area contributed by atoms with Crippen molar-refractivity contribution in [2.45, 2.75) is 45.6 Å². The van der Waals surface area contributed by atoms with Gasteiger partial charge >= 0.3 is 5.97 Å². The van der Waals surface area contributed by atoms with Crippen LogP contribution in [0.2, 0.25) is 0 Å². The van der Waals surface area contributed by atoms with Crippen LogP contribution in [0.1, 0.15) is 37.3 Å². The predicted molar refractivity (Wildman–Crippen MR) is 92.9 cm³/mol. The van der Waals surface area contributed by atoms with E-state index in [-0.39, 0.29) is 11.9 Å². The Morgan fingerprint density at radius 2 is 2.12 bits per heavy atom. The Morgan fingerprint density at radius 1 is 1.33 bits per heavy atom. The van der Waals surface area contributed by atoms with Crippen molar-refractivity contribution in [2.75, 3.05) is 6.54 Å². The Kier molecular flexibility index (Phi) is 4.60. The van der Waals surface area contributed by atoms with Gasteiger partial charge in [0.05, 0.1) is 5.92 Å². The number of hydrogen-bond donors (Lipinski definition) is 2. The monoisotopic (exact) mass is 328 g/mol. The first-order chi connectivity index (χ1) is 11.5. The summed E-state index contributed by atoms with van der Waals surface area (Å²) in [6, 6.07) is 6.38. The van der Waals surface area contributed by atoms with Gasteiger partial charge in [0, 0.05) is 36.1 Å². The summed E-state index contributed by atoms with van der Waals surface area (Å²) in [6.07, 6.45) is 4.47. The topological polar surface area (TPSA) is 73.4 Å². The summed E-state index contributed by atoms with van der Waals surface area (Å²) in [6.45, 7) is 4.40. The highest BCUT2D eigenvalue weighted by Gasteiger charge is 2.32. The van der Waals surface area contributed by atoms with E-state index in [4.69, 9.17) is 0 Å². The molecule has 0 saturated carbocycles. The van der Waals surface area contributed by atoms with E-state index in [0.717, 1.165) is 22.9 Å². The Balaban J connectivity index is 1.67. The fourth-order valence-corrected chi connectivity index (χ4v) is 3.54. The highest BCUT2D eigenvalue weighted by Crippen LogP contribution is 2.25. The molecule has 2 N–H and O–H groups in total. The number of fused-ring (bicyclic) bond motifs is 1. The summed E-state index contributed by atoms with van der Waals surface area (Å²) in [5, 5.41) is 10.4. The number of hydrogen-bond acceptors (Lipinski definition) is 2. The maximum Gasteiger partial charge on any atom is 0.308 e. The number of aromatic amines is 1. The van der Waals surface area contributed by atoms with Crippen molar-refractivity contribution in [1.82, 2.24) is 9.88 Å². The molecule has 0 bridgehead atoms. The fraction of sp³-hybridized carbons (Fsp3) is 0.474. The molecule has 5 heteroatoms. The van der Waals surface area contributed by atoms with Crippen molar-refractivity contribution in [3.8, 4) is 0 Å². The third-order valence-electron chi connectivity index (χ3n) is 5.08. The predicted octanol–water partition coefficient (Wildman–Crippen LogP) is 3.12. The lowest BCUT2D eigenvalue weighted by Gasteiger charge is -2.36. The highest BCUT2D eigenvalue weighted by molar-refractivity contribution is 5.85. The van der Waals surface area contributed by atoms with Crippen molar-refractivity contribution in [3.05, 3.63) is 35.5 Å². The molecule has 2 aromatic rings. The minimum absolute atomic E-state index is 0.0513. The number of H-pyrrole nitrogens is 1. The lowest BCUT2D eigenvalue weighted by molar-refractivity contribution is -0.147. The van der Waals surface area contributed by atoms with E-state index in [2.05, 4.69) is 30.1 Å². The van der Waals surface area contributed by atoms with Gasteiger partial charge in [-0.25, -0.2) is 0 Å². The van der Waals surface area contributed by atoms with E-state index in [0.29, 0.717) is 25.8 Å². The van der Waals surface area contributed by atoms with E-state index in [1.54, 1.807) is 4.90 Å². The summed E-state index contributed by atoms with van der Waals surface area (Å²) in [4.78, 5) is 28.8. The summed E-state index contributed by atoms with van der Waals surface area (Å²) in [7, 11) is 0. The quantitative estimate of drug-likeness (QED) is 0.905. The second-order valence-corrected chi connectivity index (χ2v) is 6.87. The summed E-state index contributed by atoms with van der Waals surface area (Å²) in [5.41, 5.74) is 3.42. The number of carboxylic acids is 1. The molecule has 0 aliphatic carbocycles. The van der Waals surface area contributed by atoms with Crippen LogP contribution in [-0.2, 0) is 16.0 Å². The molecule has 0 radical (unpaired) electrons. The van der Waals surface area contributed by atoms with Crippen LogP contribution in [0.15, 0.2) is 24.4 Å². The third kappa shape index (κ3) is 3.30. The average molecular weight is 328 g/mol. The molecule has 24 heavy (non-hydrogen) atoms. The number of carboxylic acid groups (broad SMARTS) is 1. The Labute approximate surface area is 141 Å². The van der Waals surface area contributed by atoms with Crippen LogP contribution in [0.5, 0.6) is 0 Å². The number of nitrogens with zero attached hydrogens (tertiary/aromatic N) is 1. The van der Waals surface area contributed by atoms with Gasteiger partial charge in [-0.15, -0.1) is 0 Å². The largest absolute Gasteiger partial charge is 0.481 e. The first kappa shape index (κ1) is 16.6. The molecule has 5 nitrogen and oxygen atoms in total. The summed E-state index contributed by atoms with van der Waals surface area (Å²) in [5.74, 6) is -1.18. The molecule has 0 spiro atoms. The highest BCUT2D eigenvalue weighted by atomic mass is 16.4. The first-order valence-electron chi connectivity index (χ1n) is 8.54. The zero-order valence-corrected chi connectivity index (χ0v) is 14.2. The number of benzene rings is 1. The van der Waals surface area contributed by atoms with Crippen molar-refractivity contribution in [3.63, 3.8) is 0 Å². The van der Waals surface area contributed by atoms with Crippen molar-refractivity contribution in [2.24, 2.45) is 5.92 Å². The smallest absolute Gasteiger partial charge is 0.308 e. The minimum Gasteiger partial charge on any atom is -0.481 e. The van der Waals surface area contributed by atoms with Crippen LogP contribution < -0.4 is 0 Å². The number of aryl methyl sites for hydroxylation is 2. The van der Waals surface area contributed by atoms with Crippen LogP contribution in [0.4, 0.5) is 0 Å². The number of piperidine rings is 1. The Morgan fingerprint density at radius 3 is 2.88 bits per heavy atom. The Bertz CT molecular complexity index is 765. The second kappa shape index (κ2) is 6.67. The first-order valence-corrected chi connectivity index (χ1v) is 8.54. The van der Waals surface area contributed by atoms with Crippen LogP contribution in [-0.4, -0.2) is 39.5 Å². The van der Waals surface area contributed by atoms with Crippen LogP contribution in [0.25, 0.3) is 10.9 Å². The molecule has 2 heterocycles. The molecule has 1 aromatic carbocycles. The number of aromatic nitrogens is 1. The molecule has 1 aliphatic heterocycles. The molecule has 2 atom stereocenters. The van der Waals surface area contributed by atoms with Gasteiger partial charge in [-0.05, 0) is 50.8 Å².